The lowest BCUT2D eigenvalue weighted by molar-refractivity contribution is 0.0699. The quantitative estimate of drug-likeness (QED) is 0.764. The van der Waals surface area contributed by atoms with Crippen molar-refractivity contribution in [2.75, 3.05) is 0 Å². The monoisotopic (exact) mass is 258 g/mol. The second-order valence-electron chi connectivity index (χ2n) is 4.16. The van der Waals surface area contributed by atoms with Gasteiger partial charge in [0.25, 0.3) is 0 Å². The normalized spacial score (nSPS) is 11.0. The molecule has 1 aromatic carbocycles. The number of aromatic nitrogens is 4. The molecule has 0 atom stereocenters. The molecule has 0 fully saturated rings. The van der Waals surface area contributed by atoms with E-state index in [1.165, 1.54) is 6.07 Å². The first kappa shape index (κ1) is 11.4. The van der Waals surface area contributed by atoms with E-state index in [4.69, 9.17) is 9.63 Å². The molecule has 19 heavy (non-hydrogen) atoms. The molecule has 0 amide bonds. The summed E-state index contributed by atoms with van der Waals surface area (Å²) in [7, 11) is 0. The number of carbonyl (C=O) groups is 1. The number of hydrogen-bond acceptors (Lipinski definition) is 5. The van der Waals surface area contributed by atoms with Gasteiger partial charge in [0.15, 0.2) is 5.76 Å². The van der Waals surface area contributed by atoms with E-state index in [2.05, 4.69) is 15.5 Å². The van der Waals surface area contributed by atoms with Gasteiger partial charge in [-0.15, -0.1) is 5.10 Å². The number of rotatable bonds is 3. The van der Waals surface area contributed by atoms with E-state index in [1.807, 2.05) is 6.92 Å². The third kappa shape index (κ3) is 1.95. The number of aryl methyl sites for hydroxylation is 1. The van der Waals surface area contributed by atoms with E-state index in [0.717, 1.165) is 5.69 Å². The number of benzene rings is 1. The van der Waals surface area contributed by atoms with Gasteiger partial charge in [-0.2, -0.15) is 0 Å². The molecule has 0 aliphatic carbocycles. The summed E-state index contributed by atoms with van der Waals surface area (Å²) in [6, 6.07) is 6.74. The maximum atomic E-state index is 11.1. The Balaban J connectivity index is 2.06. The third-order valence-corrected chi connectivity index (χ3v) is 2.76. The average molecular weight is 258 g/mol. The van der Waals surface area contributed by atoms with Gasteiger partial charge in [0.05, 0.1) is 16.8 Å². The van der Waals surface area contributed by atoms with Crippen molar-refractivity contribution in [2.45, 2.75) is 13.5 Å². The molecule has 7 heteroatoms. The van der Waals surface area contributed by atoms with Crippen LogP contribution in [0.1, 0.15) is 21.8 Å². The Labute approximate surface area is 107 Å². The number of hydrogen-bond donors (Lipinski definition) is 1. The summed E-state index contributed by atoms with van der Waals surface area (Å²) in [5.74, 6) is -0.377. The van der Waals surface area contributed by atoms with Crippen molar-refractivity contribution in [3.8, 4) is 0 Å². The molecule has 0 bridgehead atoms. The van der Waals surface area contributed by atoms with Gasteiger partial charge in [0.1, 0.15) is 12.1 Å². The Morgan fingerprint density at radius 2 is 2.32 bits per heavy atom. The molecular weight excluding hydrogens is 248 g/mol. The van der Waals surface area contributed by atoms with Gasteiger partial charge in [0.2, 0.25) is 0 Å². The largest absolute Gasteiger partial charge is 0.478 e. The summed E-state index contributed by atoms with van der Waals surface area (Å²) < 4.78 is 6.69. The highest BCUT2D eigenvalue weighted by Crippen LogP contribution is 2.17. The predicted octanol–water partition coefficient (Wildman–Crippen LogP) is 1.47. The number of carboxylic acids is 1. The summed E-state index contributed by atoms with van der Waals surface area (Å²) in [5, 5.41) is 20.7. The first-order chi connectivity index (χ1) is 9.15. The standard InChI is InChI=1S/C12H10N4O3/c1-7-5-8(19-14-7)6-16-10-4-2-3-9(12(17)18)11(10)13-15-16/h2-5H,6H2,1H3,(H,17,18). The van der Waals surface area contributed by atoms with Crippen molar-refractivity contribution < 1.29 is 14.4 Å². The molecule has 0 saturated heterocycles. The first-order valence-electron chi connectivity index (χ1n) is 5.63. The van der Waals surface area contributed by atoms with Crippen LogP contribution in [0.2, 0.25) is 0 Å². The highest BCUT2D eigenvalue weighted by atomic mass is 16.5. The lowest BCUT2D eigenvalue weighted by Gasteiger charge is -1.99. The first-order valence-corrected chi connectivity index (χ1v) is 5.63. The highest BCUT2D eigenvalue weighted by Gasteiger charge is 2.14. The Kier molecular flexibility index (Phi) is 2.52. The molecule has 1 N–H and O–H groups in total. The lowest BCUT2D eigenvalue weighted by atomic mass is 10.2. The third-order valence-electron chi connectivity index (χ3n) is 2.76. The van der Waals surface area contributed by atoms with Gasteiger partial charge in [-0.25, -0.2) is 9.48 Å². The van der Waals surface area contributed by atoms with Crippen LogP contribution in [0.15, 0.2) is 28.8 Å². The number of nitrogens with zero attached hydrogens (tertiary/aromatic N) is 4. The SMILES string of the molecule is Cc1cc(Cn2nnc3c(C(=O)O)cccc32)on1. The topological polar surface area (TPSA) is 94.0 Å². The summed E-state index contributed by atoms with van der Waals surface area (Å²) in [5.41, 5.74) is 1.93. The number of fused-ring (bicyclic) bond motifs is 1. The molecule has 3 aromatic rings. The maximum Gasteiger partial charge on any atom is 0.338 e. The molecule has 0 saturated carbocycles. The molecule has 2 aromatic heterocycles. The summed E-state index contributed by atoms with van der Waals surface area (Å²) in [6.07, 6.45) is 0. The van der Waals surface area contributed by atoms with Crippen molar-refractivity contribution in [1.29, 1.82) is 0 Å². The van der Waals surface area contributed by atoms with Gasteiger partial charge in [-0.3, -0.25) is 0 Å². The molecular formula is C12H10N4O3. The van der Waals surface area contributed by atoms with Crippen molar-refractivity contribution in [3.63, 3.8) is 0 Å². The van der Waals surface area contributed by atoms with Crippen LogP contribution in [-0.4, -0.2) is 31.2 Å². The zero-order valence-electron chi connectivity index (χ0n) is 10.1. The zero-order valence-corrected chi connectivity index (χ0v) is 10.1. The molecule has 2 heterocycles. The molecule has 0 radical (unpaired) electrons. The van der Waals surface area contributed by atoms with Gasteiger partial charge in [-0.05, 0) is 19.1 Å². The van der Waals surface area contributed by atoms with Crippen LogP contribution in [0.25, 0.3) is 11.0 Å². The highest BCUT2D eigenvalue weighted by molar-refractivity contribution is 6.00. The van der Waals surface area contributed by atoms with Crippen LogP contribution in [0.4, 0.5) is 0 Å². The minimum Gasteiger partial charge on any atom is -0.478 e. The van der Waals surface area contributed by atoms with E-state index in [1.54, 1.807) is 22.9 Å². The Morgan fingerprint density at radius 3 is 3.00 bits per heavy atom. The molecule has 0 unspecified atom stereocenters. The minimum absolute atomic E-state index is 0.137. The number of carboxylic acid groups (broad SMARTS) is 1. The fraction of sp³-hybridized carbons (Fsp3) is 0.167. The van der Waals surface area contributed by atoms with Crippen LogP contribution in [0.5, 0.6) is 0 Å². The smallest absolute Gasteiger partial charge is 0.338 e. The van der Waals surface area contributed by atoms with Crippen LogP contribution in [0, 0.1) is 6.92 Å². The van der Waals surface area contributed by atoms with E-state index in [0.29, 0.717) is 23.3 Å². The minimum atomic E-state index is -1.02. The molecule has 0 spiro atoms. The van der Waals surface area contributed by atoms with E-state index in [9.17, 15) is 4.79 Å². The second kappa shape index (κ2) is 4.20. The summed E-state index contributed by atoms with van der Waals surface area (Å²) in [6.45, 7) is 2.19. The lowest BCUT2D eigenvalue weighted by Crippen LogP contribution is -2.01. The fourth-order valence-corrected chi connectivity index (χ4v) is 1.92. The van der Waals surface area contributed by atoms with E-state index < -0.39 is 5.97 Å². The van der Waals surface area contributed by atoms with Crippen LogP contribution >= 0.6 is 0 Å². The molecule has 0 aliphatic heterocycles. The van der Waals surface area contributed by atoms with Gasteiger partial charge in [-0.1, -0.05) is 16.4 Å². The van der Waals surface area contributed by atoms with Crippen LogP contribution < -0.4 is 0 Å². The summed E-state index contributed by atoms with van der Waals surface area (Å²) in [4.78, 5) is 11.1. The van der Waals surface area contributed by atoms with Crippen molar-refractivity contribution in [1.82, 2.24) is 20.2 Å². The van der Waals surface area contributed by atoms with Crippen molar-refractivity contribution >= 4 is 17.0 Å². The van der Waals surface area contributed by atoms with Crippen LogP contribution in [-0.2, 0) is 6.54 Å². The molecule has 3 rings (SSSR count). The van der Waals surface area contributed by atoms with Gasteiger partial charge in [0, 0.05) is 6.07 Å². The predicted molar refractivity (Wildman–Crippen MR) is 64.8 cm³/mol. The summed E-state index contributed by atoms with van der Waals surface area (Å²) >= 11 is 0. The Morgan fingerprint density at radius 1 is 1.47 bits per heavy atom. The van der Waals surface area contributed by atoms with Gasteiger partial charge < -0.3 is 9.63 Å². The van der Waals surface area contributed by atoms with Crippen molar-refractivity contribution in [3.05, 3.63) is 41.3 Å². The molecule has 7 nitrogen and oxygen atoms in total. The van der Waals surface area contributed by atoms with E-state index in [-0.39, 0.29) is 5.56 Å². The average Bonchev–Trinajstić information content (AvgIpc) is 2.97. The Bertz CT molecular complexity index is 759. The van der Waals surface area contributed by atoms with Crippen molar-refractivity contribution in [2.24, 2.45) is 0 Å². The maximum absolute atomic E-state index is 11.1. The number of aromatic carboxylic acids is 1. The van der Waals surface area contributed by atoms with Gasteiger partial charge >= 0.3 is 5.97 Å². The molecule has 0 aliphatic rings. The second-order valence-corrected chi connectivity index (χ2v) is 4.16. The van der Waals surface area contributed by atoms with Crippen LogP contribution in [0.3, 0.4) is 0 Å². The Hall–Kier alpha value is -2.70. The fourth-order valence-electron chi connectivity index (χ4n) is 1.92. The van der Waals surface area contributed by atoms with E-state index >= 15 is 0 Å². The zero-order chi connectivity index (χ0) is 13.4. The molecule has 96 valence electrons.